The van der Waals surface area contributed by atoms with E-state index in [-0.39, 0.29) is 29.3 Å². The van der Waals surface area contributed by atoms with E-state index < -0.39 is 11.7 Å². The SMILES string of the molecule is CCOCCOc1ccc2cc(Nc3nc(NC4CCCC[C@@H]4N)c(F)cc3C(N)=O)ccc2n1. The summed E-state index contributed by atoms with van der Waals surface area (Å²) in [6.45, 7) is 3.48. The lowest BCUT2D eigenvalue weighted by molar-refractivity contribution is 0.100. The van der Waals surface area contributed by atoms with Crippen LogP contribution in [-0.2, 0) is 4.74 Å². The van der Waals surface area contributed by atoms with Crippen LogP contribution in [0.3, 0.4) is 0 Å². The van der Waals surface area contributed by atoms with Gasteiger partial charge < -0.3 is 31.6 Å². The van der Waals surface area contributed by atoms with Gasteiger partial charge in [0, 0.05) is 35.8 Å². The molecule has 10 heteroatoms. The number of benzene rings is 1. The Morgan fingerprint density at radius 1 is 1.11 bits per heavy atom. The summed E-state index contributed by atoms with van der Waals surface area (Å²) in [7, 11) is 0. The Kier molecular flexibility index (Phi) is 7.94. The number of nitrogens with zero attached hydrogens (tertiary/aromatic N) is 2. The largest absolute Gasteiger partial charge is 0.475 e. The molecule has 1 unspecified atom stereocenters. The van der Waals surface area contributed by atoms with Crippen molar-refractivity contribution in [3.63, 3.8) is 0 Å². The van der Waals surface area contributed by atoms with E-state index in [1.807, 2.05) is 25.1 Å². The minimum atomic E-state index is -0.781. The van der Waals surface area contributed by atoms with E-state index in [9.17, 15) is 9.18 Å². The molecule has 2 heterocycles. The molecule has 0 aliphatic heterocycles. The standard InChI is InChI=1S/C25H31FN6O3/c1-2-34-11-12-35-22-10-7-15-13-16(8-9-20(15)30-22)29-24-17(23(28)33)14-18(26)25(32-24)31-21-6-4-3-5-19(21)27/h7-10,13-14,19,21H,2-6,11-12,27H2,1H3,(H2,28,33)(H2,29,31,32)/t19-,21?/m0/s1. The third-order valence-electron chi connectivity index (χ3n) is 5.99. The van der Waals surface area contributed by atoms with E-state index in [1.165, 1.54) is 0 Å². The van der Waals surface area contributed by atoms with E-state index in [2.05, 4.69) is 20.6 Å². The zero-order chi connectivity index (χ0) is 24.8. The van der Waals surface area contributed by atoms with Gasteiger partial charge in [-0.1, -0.05) is 12.8 Å². The highest BCUT2D eigenvalue weighted by atomic mass is 19.1. The highest BCUT2D eigenvalue weighted by molar-refractivity contribution is 5.99. The third kappa shape index (κ3) is 6.14. The number of aromatic nitrogens is 2. The fourth-order valence-corrected chi connectivity index (χ4v) is 4.14. The molecule has 2 atom stereocenters. The number of amides is 1. The zero-order valence-electron chi connectivity index (χ0n) is 19.7. The van der Waals surface area contributed by atoms with Crippen LogP contribution in [0.5, 0.6) is 5.88 Å². The fraction of sp³-hybridized carbons (Fsp3) is 0.400. The van der Waals surface area contributed by atoms with Gasteiger partial charge in [0.2, 0.25) is 5.88 Å². The maximum absolute atomic E-state index is 14.8. The number of rotatable bonds is 10. The predicted octanol–water partition coefficient (Wildman–Crippen LogP) is 3.71. The molecule has 1 aliphatic rings. The number of hydrogen-bond donors (Lipinski definition) is 4. The maximum Gasteiger partial charge on any atom is 0.252 e. The first-order valence-electron chi connectivity index (χ1n) is 11.9. The second-order valence-electron chi connectivity index (χ2n) is 8.51. The van der Waals surface area contributed by atoms with Crippen LogP contribution in [0.15, 0.2) is 36.4 Å². The summed E-state index contributed by atoms with van der Waals surface area (Å²) in [4.78, 5) is 20.9. The topological polar surface area (TPSA) is 137 Å². The van der Waals surface area contributed by atoms with E-state index in [4.69, 9.17) is 20.9 Å². The Hall–Kier alpha value is -3.50. The van der Waals surface area contributed by atoms with Gasteiger partial charge in [-0.05, 0) is 50.1 Å². The van der Waals surface area contributed by atoms with Crippen molar-refractivity contribution in [3.05, 3.63) is 47.8 Å². The van der Waals surface area contributed by atoms with Gasteiger partial charge in [0.25, 0.3) is 5.91 Å². The van der Waals surface area contributed by atoms with E-state index in [0.29, 0.717) is 31.4 Å². The van der Waals surface area contributed by atoms with Crippen molar-refractivity contribution >= 4 is 34.1 Å². The van der Waals surface area contributed by atoms with E-state index in [1.54, 1.807) is 12.1 Å². The van der Waals surface area contributed by atoms with Crippen LogP contribution >= 0.6 is 0 Å². The van der Waals surface area contributed by atoms with Gasteiger partial charge in [-0.3, -0.25) is 4.79 Å². The van der Waals surface area contributed by atoms with Crippen LogP contribution in [0.4, 0.5) is 21.7 Å². The number of anilines is 3. The summed E-state index contributed by atoms with van der Waals surface area (Å²) < 4.78 is 25.6. The Labute approximate surface area is 203 Å². The first-order chi connectivity index (χ1) is 16.9. The van der Waals surface area contributed by atoms with Crippen molar-refractivity contribution in [3.8, 4) is 5.88 Å². The molecular formula is C25H31FN6O3. The number of fused-ring (bicyclic) bond motifs is 1. The van der Waals surface area contributed by atoms with Gasteiger partial charge in [0.05, 0.1) is 17.7 Å². The normalized spacial score (nSPS) is 17.8. The molecule has 3 aromatic rings. The lowest BCUT2D eigenvalue weighted by Crippen LogP contribution is -2.43. The number of nitrogens with two attached hydrogens (primary N) is 2. The fourth-order valence-electron chi connectivity index (χ4n) is 4.14. The second-order valence-corrected chi connectivity index (χ2v) is 8.51. The van der Waals surface area contributed by atoms with Crippen molar-refractivity contribution in [2.75, 3.05) is 30.5 Å². The van der Waals surface area contributed by atoms with Crippen molar-refractivity contribution < 1.29 is 18.7 Å². The quantitative estimate of drug-likeness (QED) is 0.321. The number of ether oxygens (including phenoxy) is 2. The summed E-state index contributed by atoms with van der Waals surface area (Å²) in [5.41, 5.74) is 13.0. The molecule has 4 rings (SSSR count). The summed E-state index contributed by atoms with van der Waals surface area (Å²) in [5, 5.41) is 7.06. The maximum atomic E-state index is 14.8. The molecule has 9 nitrogen and oxygen atoms in total. The summed E-state index contributed by atoms with van der Waals surface area (Å²) in [6.07, 6.45) is 3.77. The predicted molar refractivity (Wildman–Crippen MR) is 134 cm³/mol. The Bertz CT molecular complexity index is 1190. The van der Waals surface area contributed by atoms with Gasteiger partial charge in [-0.25, -0.2) is 14.4 Å². The molecule has 0 saturated heterocycles. The van der Waals surface area contributed by atoms with Gasteiger partial charge in [0.15, 0.2) is 11.6 Å². The van der Waals surface area contributed by atoms with Gasteiger partial charge in [-0.15, -0.1) is 0 Å². The lowest BCUT2D eigenvalue weighted by atomic mass is 9.91. The first-order valence-corrected chi connectivity index (χ1v) is 11.9. The Balaban J connectivity index is 1.55. The minimum absolute atomic E-state index is 0.0381. The number of nitrogens with one attached hydrogen (secondary N) is 2. The zero-order valence-corrected chi connectivity index (χ0v) is 19.7. The van der Waals surface area contributed by atoms with Crippen molar-refractivity contribution in [1.82, 2.24) is 9.97 Å². The minimum Gasteiger partial charge on any atom is -0.475 e. The number of carbonyl (C=O) groups is 1. The third-order valence-corrected chi connectivity index (χ3v) is 5.99. The molecule has 1 fully saturated rings. The Morgan fingerprint density at radius 2 is 1.94 bits per heavy atom. The molecule has 1 aliphatic carbocycles. The lowest BCUT2D eigenvalue weighted by Gasteiger charge is -2.30. The first kappa shape index (κ1) is 24.6. The summed E-state index contributed by atoms with van der Waals surface area (Å²) in [6, 6.07) is 10.1. The highest BCUT2D eigenvalue weighted by Gasteiger charge is 2.24. The number of primary amides is 1. The monoisotopic (exact) mass is 482 g/mol. The molecular weight excluding hydrogens is 451 g/mol. The number of hydrogen-bond acceptors (Lipinski definition) is 8. The van der Waals surface area contributed by atoms with Gasteiger partial charge in [0.1, 0.15) is 12.4 Å². The second kappa shape index (κ2) is 11.3. The van der Waals surface area contributed by atoms with Gasteiger partial charge in [-0.2, -0.15) is 0 Å². The summed E-state index contributed by atoms with van der Waals surface area (Å²) in [5.74, 6) is -0.728. The molecule has 0 bridgehead atoms. The van der Waals surface area contributed by atoms with Crippen LogP contribution in [-0.4, -0.2) is 47.8 Å². The van der Waals surface area contributed by atoms with E-state index in [0.717, 1.165) is 42.7 Å². The molecule has 1 aromatic carbocycles. The molecule has 6 N–H and O–H groups in total. The molecule has 35 heavy (non-hydrogen) atoms. The van der Waals surface area contributed by atoms with Crippen LogP contribution in [0.25, 0.3) is 10.9 Å². The molecule has 1 saturated carbocycles. The van der Waals surface area contributed by atoms with Crippen molar-refractivity contribution in [2.45, 2.75) is 44.7 Å². The number of halogens is 1. The van der Waals surface area contributed by atoms with E-state index >= 15 is 0 Å². The number of carbonyl (C=O) groups excluding carboxylic acids is 1. The van der Waals surface area contributed by atoms with Crippen LogP contribution in [0.1, 0.15) is 43.0 Å². The number of pyridine rings is 2. The molecule has 186 valence electrons. The average Bonchev–Trinajstić information content (AvgIpc) is 2.85. The van der Waals surface area contributed by atoms with Crippen LogP contribution < -0.4 is 26.8 Å². The molecule has 2 aromatic heterocycles. The summed E-state index contributed by atoms with van der Waals surface area (Å²) >= 11 is 0. The molecule has 0 spiro atoms. The van der Waals surface area contributed by atoms with Crippen LogP contribution in [0, 0.1) is 5.82 Å². The smallest absolute Gasteiger partial charge is 0.252 e. The Morgan fingerprint density at radius 3 is 2.71 bits per heavy atom. The van der Waals surface area contributed by atoms with Gasteiger partial charge >= 0.3 is 0 Å². The molecule has 1 amide bonds. The highest BCUT2D eigenvalue weighted by Crippen LogP contribution is 2.28. The van der Waals surface area contributed by atoms with Crippen molar-refractivity contribution in [1.29, 1.82) is 0 Å². The van der Waals surface area contributed by atoms with Crippen molar-refractivity contribution in [2.24, 2.45) is 11.5 Å². The molecule has 0 radical (unpaired) electrons. The van der Waals surface area contributed by atoms with Crippen LogP contribution in [0.2, 0.25) is 0 Å². The average molecular weight is 483 g/mol.